The standard InChI is InChI=1S/C24H30N6O2/c31-24(20-2-1-8-30(18-20)23-17-25-6-7-26-23)27-21-3-4-22-19(16-21)5-9-29(22)11-10-28-12-14-32-15-13-28/h3-7,9,16-17,20H,1-2,8,10-15,18H2,(H,27,31). The summed E-state index contributed by atoms with van der Waals surface area (Å²) in [4.78, 5) is 26.1. The summed E-state index contributed by atoms with van der Waals surface area (Å²) in [7, 11) is 0. The third-order valence-corrected chi connectivity index (χ3v) is 6.47. The molecule has 1 aromatic carbocycles. The molecule has 4 heterocycles. The molecule has 32 heavy (non-hydrogen) atoms. The lowest BCUT2D eigenvalue weighted by atomic mass is 9.97. The van der Waals surface area contributed by atoms with Gasteiger partial charge in [0.15, 0.2) is 0 Å². The quantitative estimate of drug-likeness (QED) is 0.643. The highest BCUT2D eigenvalue weighted by Gasteiger charge is 2.26. The molecule has 8 nitrogen and oxygen atoms in total. The summed E-state index contributed by atoms with van der Waals surface area (Å²) in [5.74, 6) is 0.856. The van der Waals surface area contributed by atoms with Gasteiger partial charge < -0.3 is 19.5 Å². The Bertz CT molecular complexity index is 1050. The summed E-state index contributed by atoms with van der Waals surface area (Å²) < 4.78 is 7.72. The van der Waals surface area contributed by atoms with Crippen molar-refractivity contribution in [3.05, 3.63) is 49.1 Å². The molecule has 1 N–H and O–H groups in total. The number of anilines is 2. The van der Waals surface area contributed by atoms with Gasteiger partial charge in [0, 0.05) is 74.4 Å². The van der Waals surface area contributed by atoms with E-state index < -0.39 is 0 Å². The van der Waals surface area contributed by atoms with Gasteiger partial charge in [0.05, 0.1) is 25.3 Å². The predicted octanol–water partition coefficient (Wildman–Crippen LogP) is 2.62. The zero-order valence-corrected chi connectivity index (χ0v) is 18.3. The third-order valence-electron chi connectivity index (χ3n) is 6.47. The molecule has 2 aliphatic heterocycles. The largest absolute Gasteiger partial charge is 0.379 e. The molecular formula is C24H30N6O2. The maximum absolute atomic E-state index is 13.0. The first kappa shape index (κ1) is 20.9. The van der Waals surface area contributed by atoms with E-state index in [2.05, 4.69) is 54.0 Å². The number of hydrogen-bond donors (Lipinski definition) is 1. The lowest BCUT2D eigenvalue weighted by molar-refractivity contribution is -0.120. The number of hydrogen-bond acceptors (Lipinski definition) is 6. The highest BCUT2D eigenvalue weighted by molar-refractivity contribution is 5.95. The number of amides is 1. The van der Waals surface area contributed by atoms with Crippen LogP contribution in [0.15, 0.2) is 49.1 Å². The summed E-state index contributed by atoms with van der Waals surface area (Å²) in [6, 6.07) is 8.31. The minimum Gasteiger partial charge on any atom is -0.379 e. The predicted molar refractivity (Wildman–Crippen MR) is 125 cm³/mol. The van der Waals surface area contributed by atoms with Crippen LogP contribution in [-0.2, 0) is 16.1 Å². The number of nitrogens with zero attached hydrogens (tertiary/aromatic N) is 5. The lowest BCUT2D eigenvalue weighted by Gasteiger charge is -2.32. The second-order valence-corrected chi connectivity index (χ2v) is 8.57. The Kier molecular flexibility index (Phi) is 6.31. The van der Waals surface area contributed by atoms with Crippen LogP contribution in [0.3, 0.4) is 0 Å². The normalized spacial score (nSPS) is 19.9. The highest BCUT2D eigenvalue weighted by atomic mass is 16.5. The van der Waals surface area contributed by atoms with Crippen molar-refractivity contribution >= 4 is 28.3 Å². The molecule has 2 aromatic heterocycles. The molecule has 2 fully saturated rings. The van der Waals surface area contributed by atoms with Gasteiger partial charge in [-0.2, -0.15) is 0 Å². The van der Waals surface area contributed by atoms with E-state index in [1.165, 1.54) is 5.52 Å². The van der Waals surface area contributed by atoms with Gasteiger partial charge in [-0.1, -0.05) is 0 Å². The minimum absolute atomic E-state index is 0.0560. The van der Waals surface area contributed by atoms with E-state index in [1.54, 1.807) is 18.6 Å². The first-order valence-electron chi connectivity index (χ1n) is 11.5. The number of carbonyl (C=O) groups excluding carboxylic acids is 1. The fraction of sp³-hybridized carbons (Fsp3) is 0.458. The van der Waals surface area contributed by atoms with Gasteiger partial charge in [-0.05, 0) is 37.1 Å². The summed E-state index contributed by atoms with van der Waals surface area (Å²) in [6.45, 7) is 7.22. The molecule has 2 saturated heterocycles. The summed E-state index contributed by atoms with van der Waals surface area (Å²) >= 11 is 0. The van der Waals surface area contributed by atoms with Crippen LogP contribution in [0.4, 0.5) is 11.5 Å². The Morgan fingerprint density at radius 2 is 2.03 bits per heavy atom. The van der Waals surface area contributed by atoms with E-state index in [9.17, 15) is 4.79 Å². The van der Waals surface area contributed by atoms with Crippen molar-refractivity contribution in [1.29, 1.82) is 0 Å². The van der Waals surface area contributed by atoms with Crippen LogP contribution in [0.2, 0.25) is 0 Å². The molecule has 168 valence electrons. The molecule has 8 heteroatoms. The summed E-state index contributed by atoms with van der Waals surface area (Å²) in [5, 5.41) is 4.28. The van der Waals surface area contributed by atoms with E-state index in [4.69, 9.17) is 4.74 Å². The molecule has 0 bridgehead atoms. The number of nitrogens with one attached hydrogen (secondary N) is 1. The first-order valence-corrected chi connectivity index (χ1v) is 11.5. The maximum Gasteiger partial charge on any atom is 0.229 e. The van der Waals surface area contributed by atoms with Crippen molar-refractivity contribution < 1.29 is 9.53 Å². The first-order chi connectivity index (χ1) is 15.8. The Hall–Kier alpha value is -2.97. The van der Waals surface area contributed by atoms with Crippen LogP contribution in [0.1, 0.15) is 12.8 Å². The van der Waals surface area contributed by atoms with E-state index in [1.807, 2.05) is 6.07 Å². The average Bonchev–Trinajstić information content (AvgIpc) is 3.26. The van der Waals surface area contributed by atoms with E-state index in [0.29, 0.717) is 6.54 Å². The molecular weight excluding hydrogens is 404 g/mol. The van der Waals surface area contributed by atoms with Gasteiger partial charge in [0.2, 0.25) is 5.91 Å². The molecule has 2 aliphatic rings. The molecule has 0 radical (unpaired) electrons. The zero-order valence-electron chi connectivity index (χ0n) is 18.3. The Morgan fingerprint density at radius 3 is 2.88 bits per heavy atom. The number of rotatable bonds is 6. The van der Waals surface area contributed by atoms with Crippen LogP contribution in [0.25, 0.3) is 10.9 Å². The molecule has 1 unspecified atom stereocenters. The molecule has 0 aliphatic carbocycles. The summed E-state index contributed by atoms with van der Waals surface area (Å²) in [6.07, 6.45) is 9.13. The van der Waals surface area contributed by atoms with Gasteiger partial charge in [-0.3, -0.25) is 14.7 Å². The van der Waals surface area contributed by atoms with Gasteiger partial charge in [-0.25, -0.2) is 4.98 Å². The van der Waals surface area contributed by atoms with Crippen LogP contribution < -0.4 is 10.2 Å². The second-order valence-electron chi connectivity index (χ2n) is 8.57. The van der Waals surface area contributed by atoms with Crippen LogP contribution in [0, 0.1) is 5.92 Å². The van der Waals surface area contributed by atoms with Gasteiger partial charge in [0.25, 0.3) is 0 Å². The fourth-order valence-electron chi connectivity index (χ4n) is 4.64. The number of fused-ring (bicyclic) bond motifs is 1. The Balaban J connectivity index is 1.21. The van der Waals surface area contributed by atoms with Crippen LogP contribution >= 0.6 is 0 Å². The van der Waals surface area contributed by atoms with Crippen molar-refractivity contribution in [1.82, 2.24) is 19.4 Å². The van der Waals surface area contributed by atoms with E-state index in [-0.39, 0.29) is 11.8 Å². The smallest absolute Gasteiger partial charge is 0.229 e. The monoisotopic (exact) mass is 434 g/mol. The number of ether oxygens (including phenoxy) is 1. The Labute approximate surface area is 188 Å². The zero-order chi connectivity index (χ0) is 21.8. The number of benzene rings is 1. The summed E-state index contributed by atoms with van der Waals surface area (Å²) in [5.41, 5.74) is 2.05. The molecule has 5 rings (SSSR count). The number of piperidine rings is 1. The highest BCUT2D eigenvalue weighted by Crippen LogP contribution is 2.24. The molecule has 0 saturated carbocycles. The van der Waals surface area contributed by atoms with Crippen molar-refractivity contribution in [2.75, 3.05) is 56.2 Å². The van der Waals surface area contributed by atoms with E-state index in [0.717, 1.165) is 75.7 Å². The number of aromatic nitrogens is 3. The molecule has 1 amide bonds. The number of carbonyl (C=O) groups is 1. The molecule has 1 atom stereocenters. The van der Waals surface area contributed by atoms with Crippen molar-refractivity contribution in [2.24, 2.45) is 5.92 Å². The van der Waals surface area contributed by atoms with Crippen molar-refractivity contribution in [3.8, 4) is 0 Å². The topological polar surface area (TPSA) is 75.5 Å². The number of morpholine rings is 1. The SMILES string of the molecule is O=C(Nc1ccc2c(ccn2CCN2CCOCC2)c1)C1CCCN(c2cnccn2)C1. The third kappa shape index (κ3) is 4.76. The van der Waals surface area contributed by atoms with Crippen LogP contribution in [0.5, 0.6) is 0 Å². The van der Waals surface area contributed by atoms with Gasteiger partial charge in [-0.15, -0.1) is 0 Å². The molecule has 0 spiro atoms. The fourth-order valence-corrected chi connectivity index (χ4v) is 4.64. The minimum atomic E-state index is -0.0560. The Morgan fingerprint density at radius 1 is 1.12 bits per heavy atom. The van der Waals surface area contributed by atoms with Gasteiger partial charge in [0.1, 0.15) is 5.82 Å². The second kappa shape index (κ2) is 9.67. The van der Waals surface area contributed by atoms with E-state index >= 15 is 0 Å². The average molecular weight is 435 g/mol. The lowest BCUT2D eigenvalue weighted by Crippen LogP contribution is -2.41. The maximum atomic E-state index is 13.0. The molecule has 3 aromatic rings. The van der Waals surface area contributed by atoms with Crippen molar-refractivity contribution in [2.45, 2.75) is 19.4 Å². The van der Waals surface area contributed by atoms with Crippen LogP contribution in [-0.4, -0.2) is 71.3 Å². The van der Waals surface area contributed by atoms with Crippen molar-refractivity contribution in [3.63, 3.8) is 0 Å². The van der Waals surface area contributed by atoms with Gasteiger partial charge >= 0.3 is 0 Å².